The van der Waals surface area contributed by atoms with Crippen LogP contribution in [-0.4, -0.2) is 18.8 Å². The molecule has 1 atom stereocenters. The van der Waals surface area contributed by atoms with Crippen molar-refractivity contribution in [1.29, 1.82) is 0 Å². The van der Waals surface area contributed by atoms with Crippen molar-refractivity contribution in [2.24, 2.45) is 0 Å². The van der Waals surface area contributed by atoms with Crippen molar-refractivity contribution in [2.75, 3.05) is 0 Å². The molecule has 0 aliphatic carbocycles. The molecule has 1 aliphatic heterocycles. The van der Waals surface area contributed by atoms with Crippen LogP contribution >= 0.6 is 0 Å². The summed E-state index contributed by atoms with van der Waals surface area (Å²) in [7, 11) is -0.0324. The molecule has 134 valence electrons. The molecule has 0 radical (unpaired) electrons. The van der Waals surface area contributed by atoms with Gasteiger partial charge in [-0.25, -0.2) is 0 Å². The highest BCUT2D eigenvalue weighted by Gasteiger charge is 2.39. The average molecular weight is 322 g/mol. The number of hydrogen-bond acceptors (Lipinski definition) is 2. The van der Waals surface area contributed by atoms with Crippen LogP contribution in [0.4, 0.5) is 0 Å². The van der Waals surface area contributed by atoms with Crippen LogP contribution in [0.5, 0.6) is 0 Å². The van der Waals surface area contributed by atoms with E-state index < -0.39 is 0 Å². The van der Waals surface area contributed by atoms with Crippen molar-refractivity contribution in [2.45, 2.75) is 93.7 Å². The van der Waals surface area contributed by atoms with E-state index in [0.29, 0.717) is 5.92 Å². The molecule has 0 spiro atoms. The molecule has 3 heteroatoms. The molecule has 0 saturated carbocycles. The first-order chi connectivity index (χ1) is 10.7. The lowest BCUT2D eigenvalue weighted by Crippen LogP contribution is -2.30. The number of hydrogen-bond donors (Lipinski definition) is 0. The van der Waals surface area contributed by atoms with E-state index in [2.05, 4.69) is 45.0 Å². The lowest BCUT2D eigenvalue weighted by atomic mass is 9.96. The smallest absolute Gasteiger partial charge is 0.406 e. The van der Waals surface area contributed by atoms with Gasteiger partial charge in [0.1, 0.15) is 0 Å². The first-order valence-corrected chi connectivity index (χ1v) is 9.12. The van der Waals surface area contributed by atoms with Gasteiger partial charge in [0.2, 0.25) is 0 Å². The first-order valence-electron chi connectivity index (χ1n) is 9.12. The Kier molecular flexibility index (Phi) is 13.4. The van der Waals surface area contributed by atoms with Crippen molar-refractivity contribution >= 4 is 7.12 Å². The third-order valence-electron chi connectivity index (χ3n) is 3.59. The van der Waals surface area contributed by atoms with Gasteiger partial charge in [-0.05, 0) is 46.0 Å². The molecule has 1 saturated heterocycles. The third-order valence-corrected chi connectivity index (χ3v) is 3.59. The minimum atomic E-state index is -0.0978. The fourth-order valence-corrected chi connectivity index (χ4v) is 1.95. The maximum atomic E-state index is 5.44. The minimum absolute atomic E-state index is 0.0324. The molecule has 23 heavy (non-hydrogen) atoms. The summed E-state index contributed by atoms with van der Waals surface area (Å²) < 4.78 is 10.8. The lowest BCUT2D eigenvalue weighted by Gasteiger charge is -2.21. The Hall–Kier alpha value is -0.795. The molecule has 0 aromatic heterocycles. The summed E-state index contributed by atoms with van der Waals surface area (Å²) in [5.41, 5.74) is 2.66. The van der Waals surface area contributed by atoms with Crippen molar-refractivity contribution in [3.05, 3.63) is 35.4 Å². The molecule has 0 bridgehead atoms. The van der Waals surface area contributed by atoms with Crippen LogP contribution < -0.4 is 0 Å². The average Bonchev–Trinajstić information content (AvgIpc) is 2.75. The van der Waals surface area contributed by atoms with Crippen LogP contribution in [0.25, 0.3) is 0 Å². The Balaban J connectivity index is 0. The van der Waals surface area contributed by atoms with Gasteiger partial charge in [0.05, 0.1) is 11.7 Å². The van der Waals surface area contributed by atoms with Gasteiger partial charge in [0.15, 0.2) is 0 Å². The van der Waals surface area contributed by atoms with E-state index in [4.69, 9.17) is 9.31 Å². The molecule has 2 rings (SSSR count). The summed E-state index contributed by atoms with van der Waals surface area (Å²) in [4.78, 5) is 0. The summed E-state index contributed by atoms with van der Waals surface area (Å²) in [5, 5.41) is 0. The zero-order valence-corrected chi connectivity index (χ0v) is 17.4. The predicted octanol–water partition coefficient (Wildman–Crippen LogP) is 6.49. The molecule has 1 fully saturated rings. The molecule has 1 aromatic rings. The SMILES string of the molecule is CB1OC(C)C(C)(C)O1.CC.CC.Cc1ccc(C(C)C)cc1. The van der Waals surface area contributed by atoms with Crippen molar-refractivity contribution in [3.63, 3.8) is 0 Å². The monoisotopic (exact) mass is 322 g/mol. The van der Waals surface area contributed by atoms with Crippen LogP contribution in [0.15, 0.2) is 24.3 Å². The number of rotatable bonds is 1. The second kappa shape index (κ2) is 12.6. The Morgan fingerprint density at radius 1 is 1.00 bits per heavy atom. The van der Waals surface area contributed by atoms with Gasteiger partial charge in [-0.2, -0.15) is 0 Å². The normalized spacial score (nSPS) is 18.1. The highest BCUT2D eigenvalue weighted by molar-refractivity contribution is 6.43. The molecule has 2 nitrogen and oxygen atoms in total. The minimum Gasteiger partial charge on any atom is -0.406 e. The van der Waals surface area contributed by atoms with Crippen LogP contribution in [0, 0.1) is 6.92 Å². The maximum Gasteiger partial charge on any atom is 0.454 e. The zero-order valence-electron chi connectivity index (χ0n) is 17.4. The van der Waals surface area contributed by atoms with E-state index in [9.17, 15) is 0 Å². The van der Waals surface area contributed by atoms with Crippen LogP contribution in [0.3, 0.4) is 0 Å². The second-order valence-electron chi connectivity index (χ2n) is 6.13. The highest BCUT2D eigenvalue weighted by Crippen LogP contribution is 2.26. The van der Waals surface area contributed by atoms with E-state index in [-0.39, 0.29) is 18.8 Å². The third kappa shape index (κ3) is 9.83. The number of benzene rings is 1. The van der Waals surface area contributed by atoms with Gasteiger partial charge in [-0.3, -0.25) is 0 Å². The van der Waals surface area contributed by atoms with E-state index in [0.717, 1.165) is 0 Å². The summed E-state index contributed by atoms with van der Waals surface area (Å²) in [6, 6.07) is 8.71. The number of aryl methyl sites for hydroxylation is 1. The van der Waals surface area contributed by atoms with Crippen molar-refractivity contribution in [3.8, 4) is 0 Å². The van der Waals surface area contributed by atoms with Crippen molar-refractivity contribution < 1.29 is 9.31 Å². The van der Waals surface area contributed by atoms with Gasteiger partial charge in [0, 0.05) is 0 Å². The molecule has 0 N–H and O–H groups in total. The van der Waals surface area contributed by atoms with E-state index in [1.54, 1.807) is 0 Å². The molecule has 1 aromatic carbocycles. The fraction of sp³-hybridized carbons (Fsp3) is 0.700. The molecule has 1 heterocycles. The fourth-order valence-electron chi connectivity index (χ4n) is 1.95. The van der Waals surface area contributed by atoms with E-state index in [1.165, 1.54) is 11.1 Å². The van der Waals surface area contributed by atoms with Gasteiger partial charge in [-0.15, -0.1) is 0 Å². The standard InChI is InChI=1S/C10H14.C6H13BO2.2C2H6/c1-8(2)10-6-4-9(3)5-7-10;1-5-6(2,3)9-7(4)8-5;2*1-2/h4-8H,1-3H3;5H,1-4H3;2*1-2H3. The molecular weight excluding hydrogens is 283 g/mol. The second-order valence-corrected chi connectivity index (χ2v) is 6.13. The summed E-state index contributed by atoms with van der Waals surface area (Å²) in [6.07, 6.45) is 0.215. The Labute approximate surface area is 146 Å². The van der Waals surface area contributed by atoms with Crippen LogP contribution in [0.2, 0.25) is 6.82 Å². The van der Waals surface area contributed by atoms with E-state index >= 15 is 0 Å². The largest absolute Gasteiger partial charge is 0.454 e. The molecular formula is C20H39BO2. The maximum absolute atomic E-state index is 5.44. The Morgan fingerprint density at radius 2 is 1.43 bits per heavy atom. The Bertz CT molecular complexity index is 385. The molecule has 0 amide bonds. The zero-order chi connectivity index (χ0) is 18.6. The van der Waals surface area contributed by atoms with E-state index in [1.807, 2.05) is 55.3 Å². The first kappa shape index (κ1) is 24.5. The van der Waals surface area contributed by atoms with Crippen LogP contribution in [-0.2, 0) is 9.31 Å². The topological polar surface area (TPSA) is 18.5 Å². The van der Waals surface area contributed by atoms with Gasteiger partial charge < -0.3 is 9.31 Å². The van der Waals surface area contributed by atoms with Gasteiger partial charge >= 0.3 is 7.12 Å². The quantitative estimate of drug-likeness (QED) is 0.550. The van der Waals surface area contributed by atoms with Gasteiger partial charge in [0.25, 0.3) is 0 Å². The van der Waals surface area contributed by atoms with Crippen LogP contribution in [0.1, 0.15) is 79.4 Å². The summed E-state index contributed by atoms with van der Waals surface area (Å²) in [6.45, 7) is 22.6. The summed E-state index contributed by atoms with van der Waals surface area (Å²) >= 11 is 0. The molecule has 1 aliphatic rings. The summed E-state index contributed by atoms with van der Waals surface area (Å²) in [5.74, 6) is 0.653. The van der Waals surface area contributed by atoms with Gasteiger partial charge in [-0.1, -0.05) is 71.4 Å². The molecule has 1 unspecified atom stereocenters. The lowest BCUT2D eigenvalue weighted by molar-refractivity contribution is 0.0841. The Morgan fingerprint density at radius 3 is 1.65 bits per heavy atom. The predicted molar refractivity (Wildman–Crippen MR) is 105 cm³/mol. The highest BCUT2D eigenvalue weighted by atomic mass is 16.7. The van der Waals surface area contributed by atoms with Crippen molar-refractivity contribution in [1.82, 2.24) is 0 Å².